The highest BCUT2D eigenvalue weighted by molar-refractivity contribution is 7.13. The molecule has 2 nitrogen and oxygen atoms in total. The standard InChI is InChI=1S/C18H22N2S/c1-4-11-20(12-5-2)13-10-16-14-21-18(19-16)17-9-7-6-8-15(17)3/h4-9,14H,1-2,10-13H2,3H3. The van der Waals surface area contributed by atoms with Crippen molar-refractivity contribution in [2.45, 2.75) is 13.3 Å². The number of hydrogen-bond acceptors (Lipinski definition) is 3. The zero-order valence-corrected chi connectivity index (χ0v) is 13.4. The van der Waals surface area contributed by atoms with Crippen LogP contribution in [0.25, 0.3) is 10.6 Å². The average molecular weight is 298 g/mol. The highest BCUT2D eigenvalue weighted by atomic mass is 32.1. The number of aryl methyl sites for hydroxylation is 1. The van der Waals surface area contributed by atoms with Gasteiger partial charge in [-0.25, -0.2) is 4.98 Å². The lowest BCUT2D eigenvalue weighted by molar-refractivity contribution is 0.339. The van der Waals surface area contributed by atoms with E-state index < -0.39 is 0 Å². The van der Waals surface area contributed by atoms with Gasteiger partial charge in [-0.1, -0.05) is 36.4 Å². The molecule has 0 aliphatic rings. The first-order valence-electron chi connectivity index (χ1n) is 7.19. The lowest BCUT2D eigenvalue weighted by atomic mass is 10.1. The van der Waals surface area contributed by atoms with Gasteiger partial charge in [0.1, 0.15) is 5.01 Å². The topological polar surface area (TPSA) is 16.1 Å². The van der Waals surface area contributed by atoms with Gasteiger partial charge in [0, 0.05) is 37.0 Å². The Morgan fingerprint density at radius 3 is 2.57 bits per heavy atom. The molecule has 1 aromatic carbocycles. The Morgan fingerprint density at radius 1 is 1.19 bits per heavy atom. The van der Waals surface area contributed by atoms with Gasteiger partial charge in [0.25, 0.3) is 0 Å². The third-order valence-corrected chi connectivity index (χ3v) is 4.31. The van der Waals surface area contributed by atoms with Crippen molar-refractivity contribution in [3.63, 3.8) is 0 Å². The molecule has 0 fully saturated rings. The molecule has 0 aliphatic carbocycles. The van der Waals surface area contributed by atoms with E-state index in [1.807, 2.05) is 12.2 Å². The summed E-state index contributed by atoms with van der Waals surface area (Å²) in [6, 6.07) is 8.40. The smallest absolute Gasteiger partial charge is 0.123 e. The number of aromatic nitrogens is 1. The Kier molecular flexibility index (Phi) is 5.90. The van der Waals surface area contributed by atoms with E-state index in [0.29, 0.717) is 0 Å². The van der Waals surface area contributed by atoms with Gasteiger partial charge in [0.05, 0.1) is 5.69 Å². The lowest BCUT2D eigenvalue weighted by Crippen LogP contribution is -2.26. The van der Waals surface area contributed by atoms with Crippen LogP contribution in [0.2, 0.25) is 0 Å². The van der Waals surface area contributed by atoms with Crippen LogP contribution in [0.5, 0.6) is 0 Å². The van der Waals surface area contributed by atoms with Crippen molar-refractivity contribution in [2.24, 2.45) is 0 Å². The maximum atomic E-state index is 4.77. The molecule has 21 heavy (non-hydrogen) atoms. The Balaban J connectivity index is 2.02. The monoisotopic (exact) mass is 298 g/mol. The van der Waals surface area contributed by atoms with Gasteiger partial charge in [0.2, 0.25) is 0 Å². The summed E-state index contributed by atoms with van der Waals surface area (Å²) in [5, 5.41) is 3.28. The molecule has 0 atom stereocenters. The molecule has 0 bridgehead atoms. The molecule has 0 saturated heterocycles. The summed E-state index contributed by atoms with van der Waals surface area (Å²) in [7, 11) is 0. The van der Waals surface area contributed by atoms with Crippen molar-refractivity contribution in [1.29, 1.82) is 0 Å². The quantitative estimate of drug-likeness (QED) is 0.674. The molecule has 1 aromatic heterocycles. The normalized spacial score (nSPS) is 10.8. The van der Waals surface area contributed by atoms with Crippen molar-refractivity contribution in [3.8, 4) is 10.6 Å². The second-order valence-electron chi connectivity index (χ2n) is 5.05. The SMILES string of the molecule is C=CCN(CC=C)CCc1csc(-c2ccccc2C)n1. The molecule has 0 unspecified atom stereocenters. The van der Waals surface area contributed by atoms with Crippen LogP contribution in [0.4, 0.5) is 0 Å². The minimum Gasteiger partial charge on any atom is -0.296 e. The van der Waals surface area contributed by atoms with E-state index in [0.717, 1.165) is 36.8 Å². The van der Waals surface area contributed by atoms with Crippen molar-refractivity contribution in [1.82, 2.24) is 9.88 Å². The summed E-state index contributed by atoms with van der Waals surface area (Å²) in [4.78, 5) is 7.09. The van der Waals surface area contributed by atoms with Gasteiger partial charge in [-0.3, -0.25) is 4.90 Å². The summed E-state index contributed by atoms with van der Waals surface area (Å²) in [5.74, 6) is 0. The van der Waals surface area contributed by atoms with Gasteiger partial charge in [-0.2, -0.15) is 0 Å². The van der Waals surface area contributed by atoms with Crippen molar-refractivity contribution in [2.75, 3.05) is 19.6 Å². The van der Waals surface area contributed by atoms with Gasteiger partial charge < -0.3 is 0 Å². The van der Waals surface area contributed by atoms with Crippen LogP contribution in [-0.2, 0) is 6.42 Å². The van der Waals surface area contributed by atoms with Crippen LogP contribution in [0, 0.1) is 6.92 Å². The molecular weight excluding hydrogens is 276 g/mol. The van der Waals surface area contributed by atoms with Gasteiger partial charge >= 0.3 is 0 Å². The van der Waals surface area contributed by atoms with E-state index in [4.69, 9.17) is 4.98 Å². The number of hydrogen-bond donors (Lipinski definition) is 0. The molecule has 1 heterocycles. The maximum Gasteiger partial charge on any atom is 0.123 e. The van der Waals surface area contributed by atoms with Crippen LogP contribution in [0.15, 0.2) is 55.0 Å². The highest BCUT2D eigenvalue weighted by Crippen LogP contribution is 2.26. The zero-order valence-electron chi connectivity index (χ0n) is 12.6. The Morgan fingerprint density at radius 2 is 1.90 bits per heavy atom. The van der Waals surface area contributed by atoms with E-state index >= 15 is 0 Å². The number of rotatable bonds is 8. The first kappa shape index (κ1) is 15.7. The van der Waals surface area contributed by atoms with E-state index in [1.165, 1.54) is 11.1 Å². The van der Waals surface area contributed by atoms with Crippen LogP contribution in [0.1, 0.15) is 11.3 Å². The molecule has 2 aromatic rings. The largest absolute Gasteiger partial charge is 0.296 e. The molecule has 0 aliphatic heterocycles. The fourth-order valence-electron chi connectivity index (χ4n) is 2.25. The maximum absolute atomic E-state index is 4.77. The second kappa shape index (κ2) is 7.91. The predicted octanol–water partition coefficient (Wildman–Crippen LogP) is 4.34. The van der Waals surface area contributed by atoms with Crippen molar-refractivity contribution in [3.05, 3.63) is 66.2 Å². The minimum absolute atomic E-state index is 0.890. The molecular formula is C18H22N2S. The first-order valence-corrected chi connectivity index (χ1v) is 8.07. The van der Waals surface area contributed by atoms with E-state index in [2.05, 4.69) is 54.6 Å². The van der Waals surface area contributed by atoms with E-state index in [1.54, 1.807) is 11.3 Å². The molecule has 0 saturated carbocycles. The molecule has 0 amide bonds. The zero-order chi connectivity index (χ0) is 15.1. The third-order valence-electron chi connectivity index (χ3n) is 3.39. The van der Waals surface area contributed by atoms with Crippen LogP contribution in [0.3, 0.4) is 0 Å². The van der Waals surface area contributed by atoms with Crippen LogP contribution in [-0.4, -0.2) is 29.5 Å². The molecule has 0 radical (unpaired) electrons. The predicted molar refractivity (Wildman–Crippen MR) is 92.8 cm³/mol. The van der Waals surface area contributed by atoms with Gasteiger partial charge in [-0.15, -0.1) is 24.5 Å². The summed E-state index contributed by atoms with van der Waals surface area (Å²) in [5.41, 5.74) is 3.68. The highest BCUT2D eigenvalue weighted by Gasteiger charge is 2.08. The lowest BCUT2D eigenvalue weighted by Gasteiger charge is -2.17. The molecule has 2 rings (SSSR count). The Labute approximate surface area is 131 Å². The molecule has 3 heteroatoms. The summed E-state index contributed by atoms with van der Waals surface area (Å²) in [6.45, 7) is 12.5. The van der Waals surface area contributed by atoms with Gasteiger partial charge in [0.15, 0.2) is 0 Å². The Hall–Kier alpha value is -1.71. The van der Waals surface area contributed by atoms with Crippen molar-refractivity contribution < 1.29 is 0 Å². The van der Waals surface area contributed by atoms with Crippen molar-refractivity contribution >= 4 is 11.3 Å². The summed E-state index contributed by atoms with van der Waals surface area (Å²) in [6.07, 6.45) is 4.83. The number of benzene rings is 1. The number of nitrogens with zero attached hydrogens (tertiary/aromatic N) is 2. The second-order valence-corrected chi connectivity index (χ2v) is 5.90. The minimum atomic E-state index is 0.890. The number of thiazole rings is 1. The van der Waals surface area contributed by atoms with E-state index in [9.17, 15) is 0 Å². The van der Waals surface area contributed by atoms with E-state index in [-0.39, 0.29) is 0 Å². The molecule has 0 N–H and O–H groups in total. The fourth-order valence-corrected chi connectivity index (χ4v) is 3.20. The van der Waals surface area contributed by atoms with Crippen LogP contribution < -0.4 is 0 Å². The summed E-state index contributed by atoms with van der Waals surface area (Å²) >= 11 is 1.73. The average Bonchev–Trinajstić information content (AvgIpc) is 2.94. The third kappa shape index (κ3) is 4.38. The van der Waals surface area contributed by atoms with Gasteiger partial charge in [-0.05, 0) is 12.5 Å². The molecule has 110 valence electrons. The molecule has 0 spiro atoms. The summed E-state index contributed by atoms with van der Waals surface area (Å²) < 4.78 is 0. The Bertz CT molecular complexity index is 591. The first-order chi connectivity index (χ1) is 10.2. The fraction of sp³-hybridized carbons (Fsp3) is 0.278. The van der Waals surface area contributed by atoms with Crippen LogP contribution >= 0.6 is 11.3 Å².